The Labute approximate surface area is 252 Å². The number of carbonyl (C=O) groups is 2. The lowest BCUT2D eigenvalue weighted by molar-refractivity contribution is 0.0303. The lowest BCUT2D eigenvalue weighted by atomic mass is 9.99. The van der Waals surface area contributed by atoms with Gasteiger partial charge in [0.25, 0.3) is 17.4 Å². The number of pyridine rings is 1. The standard InChI is InChI=1S/C35H38N4O4/c1-4-5-9-25-10-6-7-11-30(25)33(40)37-31-13-8-12-29(24(31)2)27-22-32(35(42)38(3)23-27)36-28-16-14-26(15-17-28)34(41)39-18-20-43-21-19-39/h6-8,10-17,22-23,36H,4-5,9,18-21H2,1-3H3,(H,37,40). The molecule has 1 aromatic heterocycles. The first-order valence-corrected chi connectivity index (χ1v) is 14.8. The van der Waals surface area contributed by atoms with E-state index in [0.29, 0.717) is 48.8 Å². The minimum absolute atomic E-state index is 0.0281. The highest BCUT2D eigenvalue weighted by Gasteiger charge is 2.19. The number of unbranched alkanes of at least 4 members (excludes halogenated alkanes) is 1. The highest BCUT2D eigenvalue weighted by Crippen LogP contribution is 2.30. The van der Waals surface area contributed by atoms with Crippen LogP contribution in [-0.2, 0) is 18.2 Å². The third-order valence-corrected chi connectivity index (χ3v) is 7.85. The summed E-state index contributed by atoms with van der Waals surface area (Å²) in [6.07, 6.45) is 4.75. The molecule has 0 aliphatic carbocycles. The molecule has 1 saturated heterocycles. The number of aryl methyl sites for hydroxylation is 2. The average molecular weight is 579 g/mol. The van der Waals surface area contributed by atoms with Crippen LogP contribution in [0.25, 0.3) is 11.1 Å². The van der Waals surface area contributed by atoms with Crippen molar-refractivity contribution in [2.24, 2.45) is 7.05 Å². The van der Waals surface area contributed by atoms with Crippen LogP contribution in [-0.4, -0.2) is 47.6 Å². The van der Waals surface area contributed by atoms with E-state index in [-0.39, 0.29) is 17.4 Å². The summed E-state index contributed by atoms with van der Waals surface area (Å²) < 4.78 is 6.89. The van der Waals surface area contributed by atoms with Crippen LogP contribution in [0.1, 0.15) is 51.6 Å². The second-order valence-electron chi connectivity index (χ2n) is 10.9. The molecule has 0 bridgehead atoms. The lowest BCUT2D eigenvalue weighted by Crippen LogP contribution is -2.40. The predicted molar refractivity (Wildman–Crippen MR) is 171 cm³/mol. The molecule has 0 radical (unpaired) electrons. The largest absolute Gasteiger partial charge is 0.378 e. The zero-order chi connectivity index (χ0) is 30.3. The van der Waals surface area contributed by atoms with E-state index in [2.05, 4.69) is 17.6 Å². The summed E-state index contributed by atoms with van der Waals surface area (Å²) in [5, 5.41) is 6.34. The van der Waals surface area contributed by atoms with Crippen molar-refractivity contribution in [1.82, 2.24) is 9.47 Å². The summed E-state index contributed by atoms with van der Waals surface area (Å²) in [6, 6.07) is 22.5. The molecule has 2 heterocycles. The molecule has 1 aliphatic heterocycles. The van der Waals surface area contributed by atoms with Gasteiger partial charge in [-0.15, -0.1) is 0 Å². The normalized spacial score (nSPS) is 13.0. The van der Waals surface area contributed by atoms with Crippen molar-refractivity contribution in [1.29, 1.82) is 0 Å². The third-order valence-electron chi connectivity index (χ3n) is 7.85. The molecule has 0 unspecified atom stereocenters. The van der Waals surface area contributed by atoms with Crippen LogP contribution in [0, 0.1) is 6.92 Å². The Morgan fingerprint density at radius 1 is 0.930 bits per heavy atom. The number of hydrogen-bond donors (Lipinski definition) is 2. The molecule has 2 N–H and O–H groups in total. The second-order valence-corrected chi connectivity index (χ2v) is 10.9. The van der Waals surface area contributed by atoms with E-state index in [1.54, 1.807) is 47.0 Å². The van der Waals surface area contributed by atoms with Crippen molar-refractivity contribution in [2.45, 2.75) is 33.1 Å². The monoisotopic (exact) mass is 578 g/mol. The number of ether oxygens (including phenoxy) is 1. The van der Waals surface area contributed by atoms with Gasteiger partial charge in [-0.05, 0) is 78.9 Å². The molecule has 1 fully saturated rings. The highest BCUT2D eigenvalue weighted by atomic mass is 16.5. The highest BCUT2D eigenvalue weighted by molar-refractivity contribution is 6.06. The van der Waals surface area contributed by atoms with Gasteiger partial charge < -0.3 is 24.8 Å². The fourth-order valence-corrected chi connectivity index (χ4v) is 5.35. The zero-order valence-corrected chi connectivity index (χ0v) is 25.0. The van der Waals surface area contributed by atoms with E-state index in [1.807, 2.05) is 55.5 Å². The van der Waals surface area contributed by atoms with Gasteiger partial charge in [0.05, 0.1) is 13.2 Å². The van der Waals surface area contributed by atoms with Gasteiger partial charge in [0.1, 0.15) is 5.69 Å². The lowest BCUT2D eigenvalue weighted by Gasteiger charge is -2.26. The Balaban J connectivity index is 1.37. The van der Waals surface area contributed by atoms with Crippen molar-refractivity contribution in [3.8, 4) is 11.1 Å². The summed E-state index contributed by atoms with van der Waals surface area (Å²) in [7, 11) is 1.72. The van der Waals surface area contributed by atoms with E-state index in [0.717, 1.165) is 47.2 Å². The minimum Gasteiger partial charge on any atom is -0.378 e. The van der Waals surface area contributed by atoms with Crippen LogP contribution in [0.3, 0.4) is 0 Å². The Morgan fingerprint density at radius 3 is 2.42 bits per heavy atom. The molecule has 4 aromatic rings. The van der Waals surface area contributed by atoms with Gasteiger partial charge in [-0.25, -0.2) is 0 Å². The summed E-state index contributed by atoms with van der Waals surface area (Å²) in [5.74, 6) is -0.162. The van der Waals surface area contributed by atoms with Crippen LogP contribution in [0.2, 0.25) is 0 Å². The number of morpholine rings is 1. The molecule has 5 rings (SSSR count). The molecule has 222 valence electrons. The maximum absolute atomic E-state index is 13.3. The Morgan fingerprint density at radius 2 is 1.67 bits per heavy atom. The summed E-state index contributed by atoms with van der Waals surface area (Å²) in [6.45, 7) is 6.37. The van der Waals surface area contributed by atoms with Gasteiger partial charge in [-0.3, -0.25) is 14.4 Å². The molecule has 3 aromatic carbocycles. The first-order chi connectivity index (χ1) is 20.9. The van der Waals surface area contributed by atoms with Crippen molar-refractivity contribution in [2.75, 3.05) is 36.9 Å². The molecule has 1 aliphatic rings. The van der Waals surface area contributed by atoms with E-state index < -0.39 is 0 Å². The number of carbonyl (C=O) groups excluding carboxylic acids is 2. The van der Waals surface area contributed by atoms with Crippen LogP contribution in [0.5, 0.6) is 0 Å². The Bertz CT molecular complexity index is 1670. The molecular weight excluding hydrogens is 540 g/mol. The SMILES string of the molecule is CCCCc1ccccc1C(=O)Nc1cccc(-c2cc(Nc3ccc(C(=O)N4CCOCC4)cc3)c(=O)n(C)c2)c1C. The average Bonchev–Trinajstić information content (AvgIpc) is 3.03. The van der Waals surface area contributed by atoms with E-state index in [4.69, 9.17) is 4.74 Å². The van der Waals surface area contributed by atoms with E-state index in [1.165, 1.54) is 0 Å². The van der Waals surface area contributed by atoms with Crippen molar-refractivity contribution in [3.05, 3.63) is 112 Å². The first kappa shape index (κ1) is 29.8. The van der Waals surface area contributed by atoms with E-state index >= 15 is 0 Å². The molecular formula is C35H38N4O4. The molecule has 8 nitrogen and oxygen atoms in total. The fourth-order valence-electron chi connectivity index (χ4n) is 5.35. The maximum atomic E-state index is 13.3. The second kappa shape index (κ2) is 13.5. The van der Waals surface area contributed by atoms with Crippen LogP contribution >= 0.6 is 0 Å². The van der Waals surface area contributed by atoms with Gasteiger partial charge >= 0.3 is 0 Å². The predicted octanol–water partition coefficient (Wildman–Crippen LogP) is 6.17. The minimum atomic E-state index is -0.178. The number of hydrogen-bond acceptors (Lipinski definition) is 5. The first-order valence-electron chi connectivity index (χ1n) is 14.8. The fraction of sp³-hybridized carbons (Fsp3) is 0.286. The molecule has 2 amide bonds. The molecule has 0 atom stereocenters. The van der Waals surface area contributed by atoms with E-state index in [9.17, 15) is 14.4 Å². The molecule has 8 heteroatoms. The van der Waals surface area contributed by atoms with Gasteiger partial charge in [0, 0.05) is 54.4 Å². The van der Waals surface area contributed by atoms with Crippen LogP contribution in [0.15, 0.2) is 83.8 Å². The summed E-state index contributed by atoms with van der Waals surface area (Å²) in [4.78, 5) is 41.0. The number of aromatic nitrogens is 1. The van der Waals surface area contributed by atoms with Crippen LogP contribution < -0.4 is 16.2 Å². The number of amides is 2. The number of nitrogens with one attached hydrogen (secondary N) is 2. The van der Waals surface area contributed by atoms with Crippen molar-refractivity contribution in [3.63, 3.8) is 0 Å². The van der Waals surface area contributed by atoms with Gasteiger partial charge in [0.2, 0.25) is 0 Å². The molecule has 0 spiro atoms. The van der Waals surface area contributed by atoms with Gasteiger partial charge in [-0.2, -0.15) is 0 Å². The topological polar surface area (TPSA) is 92.7 Å². The summed E-state index contributed by atoms with van der Waals surface area (Å²) in [5.41, 5.74) is 6.62. The Hall–Kier alpha value is -4.69. The Kier molecular flexibility index (Phi) is 9.37. The maximum Gasteiger partial charge on any atom is 0.274 e. The molecule has 0 saturated carbocycles. The van der Waals surface area contributed by atoms with Crippen molar-refractivity contribution >= 4 is 28.9 Å². The van der Waals surface area contributed by atoms with Gasteiger partial charge in [0.15, 0.2) is 0 Å². The van der Waals surface area contributed by atoms with Gasteiger partial charge in [-0.1, -0.05) is 43.7 Å². The summed E-state index contributed by atoms with van der Waals surface area (Å²) >= 11 is 0. The van der Waals surface area contributed by atoms with Crippen molar-refractivity contribution < 1.29 is 14.3 Å². The zero-order valence-electron chi connectivity index (χ0n) is 25.0. The number of benzene rings is 3. The smallest absolute Gasteiger partial charge is 0.274 e. The number of anilines is 3. The quantitative estimate of drug-likeness (QED) is 0.248. The molecule has 43 heavy (non-hydrogen) atoms. The number of rotatable bonds is 9. The van der Waals surface area contributed by atoms with Crippen LogP contribution in [0.4, 0.5) is 17.1 Å². The number of nitrogens with zero attached hydrogens (tertiary/aromatic N) is 2. The third kappa shape index (κ3) is 6.87.